The predicted octanol–water partition coefficient (Wildman–Crippen LogP) is 3.67. The lowest BCUT2D eigenvalue weighted by Crippen LogP contribution is -2.22. The van der Waals surface area contributed by atoms with Crippen LogP contribution in [-0.2, 0) is 6.42 Å². The number of rotatable bonds is 3. The average molecular weight is 275 g/mol. The van der Waals surface area contributed by atoms with Crippen LogP contribution in [-0.4, -0.2) is 9.55 Å². The summed E-state index contributed by atoms with van der Waals surface area (Å²) >= 11 is 0. The Balaban J connectivity index is 2.19. The molecule has 0 fully saturated rings. The lowest BCUT2D eigenvalue weighted by Gasteiger charge is -2.08. The summed E-state index contributed by atoms with van der Waals surface area (Å²) in [5.74, 6) is 0. The minimum Gasteiger partial charge on any atom is -0.286 e. The number of aromatic nitrogens is 2. The van der Waals surface area contributed by atoms with E-state index in [1.54, 1.807) is 0 Å². The van der Waals surface area contributed by atoms with Crippen molar-refractivity contribution in [2.45, 2.75) is 13.3 Å². The second-order valence-corrected chi connectivity index (χ2v) is 4.77. The molecule has 104 valence electrons. The Morgan fingerprint density at radius 2 is 1.62 bits per heavy atom. The number of para-hydroxylation sites is 2. The normalized spacial score (nSPS) is 11.6. The van der Waals surface area contributed by atoms with E-state index in [0.717, 1.165) is 17.8 Å². The Labute approximate surface area is 124 Å². The molecule has 0 saturated heterocycles. The van der Waals surface area contributed by atoms with E-state index in [1.165, 1.54) is 5.56 Å². The molecule has 0 bridgehead atoms. The Morgan fingerprint density at radius 1 is 0.952 bits per heavy atom. The van der Waals surface area contributed by atoms with Gasteiger partial charge in [-0.05, 0) is 36.2 Å². The van der Waals surface area contributed by atoms with Crippen LogP contribution in [0.4, 0.5) is 5.69 Å². The zero-order chi connectivity index (χ0) is 14.5. The van der Waals surface area contributed by atoms with Crippen LogP contribution in [0.15, 0.2) is 78.0 Å². The molecule has 0 aliphatic carbocycles. The fourth-order valence-electron chi connectivity index (χ4n) is 2.12. The van der Waals surface area contributed by atoms with Gasteiger partial charge >= 0.3 is 0 Å². The fraction of sp³-hybridized carbons (Fsp3) is 0.111. The van der Waals surface area contributed by atoms with E-state index in [1.807, 2.05) is 59.3 Å². The number of hydrogen-bond acceptors (Lipinski definition) is 2. The summed E-state index contributed by atoms with van der Waals surface area (Å²) in [4.78, 5) is 9.16. The molecule has 0 aliphatic rings. The molecule has 0 aliphatic heterocycles. The van der Waals surface area contributed by atoms with Crippen molar-refractivity contribution in [1.82, 2.24) is 9.55 Å². The minimum atomic E-state index is 0.685. The maximum absolute atomic E-state index is 4.64. The standard InChI is InChI=1S/C18H17N3/c1-2-15-13-19-18(20-16-9-5-3-6-10-16)21(14-15)17-11-7-4-8-12-17/h3-14H,2H2,1H3. The maximum Gasteiger partial charge on any atom is 0.234 e. The van der Waals surface area contributed by atoms with Gasteiger partial charge in [-0.3, -0.25) is 4.57 Å². The van der Waals surface area contributed by atoms with Crippen LogP contribution in [0, 0.1) is 0 Å². The average Bonchev–Trinajstić information content (AvgIpc) is 2.57. The van der Waals surface area contributed by atoms with Crippen molar-refractivity contribution < 1.29 is 0 Å². The van der Waals surface area contributed by atoms with Gasteiger partial charge in [0.1, 0.15) is 0 Å². The number of nitrogens with zero attached hydrogens (tertiary/aromatic N) is 3. The fourth-order valence-corrected chi connectivity index (χ4v) is 2.12. The highest BCUT2D eigenvalue weighted by molar-refractivity contribution is 5.36. The van der Waals surface area contributed by atoms with Gasteiger partial charge in [0.25, 0.3) is 0 Å². The molecule has 0 atom stereocenters. The van der Waals surface area contributed by atoms with Crippen molar-refractivity contribution in [2.75, 3.05) is 0 Å². The molecule has 3 nitrogen and oxygen atoms in total. The van der Waals surface area contributed by atoms with Gasteiger partial charge in [0.2, 0.25) is 5.62 Å². The van der Waals surface area contributed by atoms with E-state index >= 15 is 0 Å². The van der Waals surface area contributed by atoms with Crippen molar-refractivity contribution in [2.24, 2.45) is 4.99 Å². The molecule has 21 heavy (non-hydrogen) atoms. The zero-order valence-corrected chi connectivity index (χ0v) is 12.0. The molecular formula is C18H17N3. The summed E-state index contributed by atoms with van der Waals surface area (Å²) < 4.78 is 2.03. The number of benzene rings is 2. The first kappa shape index (κ1) is 13.3. The monoisotopic (exact) mass is 275 g/mol. The van der Waals surface area contributed by atoms with Crippen molar-refractivity contribution >= 4 is 5.69 Å². The van der Waals surface area contributed by atoms with Crippen LogP contribution in [0.1, 0.15) is 12.5 Å². The molecular weight excluding hydrogens is 258 g/mol. The molecule has 3 aromatic rings. The van der Waals surface area contributed by atoms with E-state index in [0.29, 0.717) is 5.62 Å². The second kappa shape index (κ2) is 6.18. The van der Waals surface area contributed by atoms with Crippen molar-refractivity contribution in [3.05, 3.63) is 84.2 Å². The van der Waals surface area contributed by atoms with Crippen LogP contribution in [0.5, 0.6) is 0 Å². The summed E-state index contributed by atoms with van der Waals surface area (Å²) in [6.07, 6.45) is 4.94. The Bertz CT molecular complexity index is 774. The van der Waals surface area contributed by atoms with Gasteiger partial charge in [-0.15, -0.1) is 0 Å². The van der Waals surface area contributed by atoms with E-state index in [9.17, 15) is 0 Å². The Morgan fingerprint density at radius 3 is 2.29 bits per heavy atom. The Kier molecular flexibility index (Phi) is 3.92. The van der Waals surface area contributed by atoms with Crippen LogP contribution in [0.25, 0.3) is 5.69 Å². The summed E-state index contributed by atoms with van der Waals surface area (Å²) in [6.45, 7) is 2.13. The van der Waals surface area contributed by atoms with Crippen LogP contribution in [0.3, 0.4) is 0 Å². The molecule has 1 aromatic heterocycles. The molecule has 1 heterocycles. The summed E-state index contributed by atoms with van der Waals surface area (Å²) in [5.41, 5.74) is 3.84. The lowest BCUT2D eigenvalue weighted by atomic mass is 10.2. The number of aryl methyl sites for hydroxylation is 1. The second-order valence-electron chi connectivity index (χ2n) is 4.77. The third kappa shape index (κ3) is 3.08. The van der Waals surface area contributed by atoms with E-state index in [4.69, 9.17) is 0 Å². The summed E-state index contributed by atoms with van der Waals surface area (Å²) in [6, 6.07) is 20.1. The van der Waals surface area contributed by atoms with Gasteiger partial charge < -0.3 is 0 Å². The van der Waals surface area contributed by atoms with E-state index in [-0.39, 0.29) is 0 Å². The first-order valence-corrected chi connectivity index (χ1v) is 7.09. The minimum absolute atomic E-state index is 0.685. The zero-order valence-electron chi connectivity index (χ0n) is 12.0. The maximum atomic E-state index is 4.64. The predicted molar refractivity (Wildman–Crippen MR) is 84.6 cm³/mol. The third-order valence-electron chi connectivity index (χ3n) is 3.28. The number of hydrogen-bond donors (Lipinski definition) is 0. The van der Waals surface area contributed by atoms with Gasteiger partial charge in [-0.2, -0.15) is 0 Å². The van der Waals surface area contributed by atoms with Gasteiger partial charge in [0, 0.05) is 18.1 Å². The summed E-state index contributed by atoms with van der Waals surface area (Å²) in [5, 5.41) is 0. The lowest BCUT2D eigenvalue weighted by molar-refractivity contribution is 0.849. The molecule has 0 radical (unpaired) electrons. The van der Waals surface area contributed by atoms with Crippen LogP contribution >= 0.6 is 0 Å². The first-order valence-electron chi connectivity index (χ1n) is 7.09. The van der Waals surface area contributed by atoms with Crippen molar-refractivity contribution in [3.8, 4) is 5.69 Å². The van der Waals surface area contributed by atoms with Gasteiger partial charge in [0.05, 0.1) is 5.69 Å². The smallest absolute Gasteiger partial charge is 0.234 e. The highest BCUT2D eigenvalue weighted by atomic mass is 15.1. The van der Waals surface area contributed by atoms with Crippen molar-refractivity contribution in [3.63, 3.8) is 0 Å². The van der Waals surface area contributed by atoms with Gasteiger partial charge in [-0.1, -0.05) is 43.3 Å². The van der Waals surface area contributed by atoms with Crippen molar-refractivity contribution in [1.29, 1.82) is 0 Å². The van der Waals surface area contributed by atoms with Crippen LogP contribution in [0.2, 0.25) is 0 Å². The topological polar surface area (TPSA) is 30.2 Å². The van der Waals surface area contributed by atoms with E-state index < -0.39 is 0 Å². The third-order valence-corrected chi connectivity index (χ3v) is 3.28. The molecule has 2 aromatic carbocycles. The molecule has 0 amide bonds. The highest BCUT2D eigenvalue weighted by Gasteiger charge is 2.00. The van der Waals surface area contributed by atoms with Gasteiger partial charge in [0.15, 0.2) is 0 Å². The van der Waals surface area contributed by atoms with Gasteiger partial charge in [-0.25, -0.2) is 9.98 Å². The Hall–Kier alpha value is -2.68. The van der Waals surface area contributed by atoms with Crippen LogP contribution < -0.4 is 5.62 Å². The molecule has 0 unspecified atom stereocenters. The molecule has 0 spiro atoms. The quantitative estimate of drug-likeness (QED) is 0.717. The molecule has 3 heteroatoms. The van der Waals surface area contributed by atoms with E-state index in [2.05, 4.69) is 35.2 Å². The molecule has 0 saturated carbocycles. The largest absolute Gasteiger partial charge is 0.286 e. The first-order chi connectivity index (χ1) is 10.4. The molecule has 0 N–H and O–H groups in total. The highest BCUT2D eigenvalue weighted by Crippen LogP contribution is 2.10. The summed E-state index contributed by atoms with van der Waals surface area (Å²) in [7, 11) is 0. The SMILES string of the molecule is CCc1cnc(=Nc2ccccc2)n(-c2ccccc2)c1. The molecule has 3 rings (SSSR count).